The summed E-state index contributed by atoms with van der Waals surface area (Å²) in [6.45, 7) is 0. The van der Waals surface area contributed by atoms with Crippen molar-refractivity contribution in [3.8, 4) is 0 Å². The molecular weight excluding hydrogens is 312 g/mol. The average molecular weight is 330 g/mol. The zero-order chi connectivity index (χ0) is 17.2. The minimum absolute atomic E-state index is 0.113. The van der Waals surface area contributed by atoms with E-state index in [2.05, 4.69) is 0 Å². The van der Waals surface area contributed by atoms with E-state index in [1.54, 1.807) is 12.1 Å². The summed E-state index contributed by atoms with van der Waals surface area (Å²) in [5.74, 6) is -1.02. The fourth-order valence-electron chi connectivity index (χ4n) is 3.17. The number of esters is 2. The normalized spacial score (nSPS) is 22.1. The number of hydrogen-bond acceptors (Lipinski definition) is 6. The van der Waals surface area contributed by atoms with Crippen molar-refractivity contribution in [2.24, 2.45) is 5.41 Å². The highest BCUT2D eigenvalue weighted by atomic mass is 16.6. The van der Waals surface area contributed by atoms with Crippen molar-refractivity contribution < 1.29 is 28.2 Å². The highest BCUT2D eigenvalue weighted by Crippen LogP contribution is 2.54. The van der Waals surface area contributed by atoms with E-state index in [4.69, 9.17) is 18.6 Å². The molecule has 24 heavy (non-hydrogen) atoms. The largest absolute Gasteiger partial charge is 0.468 e. The molecule has 2 heterocycles. The van der Waals surface area contributed by atoms with Gasteiger partial charge in [0.2, 0.25) is 5.41 Å². The minimum atomic E-state index is -1.61. The molecule has 6 heteroatoms. The lowest BCUT2D eigenvalue weighted by Gasteiger charge is -2.26. The maximum Gasteiger partial charge on any atom is 0.326 e. The molecule has 0 bridgehead atoms. The summed E-state index contributed by atoms with van der Waals surface area (Å²) in [7, 11) is 2.48. The molecule has 1 aliphatic rings. The Balaban J connectivity index is 2.08. The first-order chi connectivity index (χ1) is 11.6. The quantitative estimate of drug-likeness (QED) is 0.634. The van der Waals surface area contributed by atoms with E-state index in [0.717, 1.165) is 5.56 Å². The first-order valence-electron chi connectivity index (χ1n) is 7.54. The van der Waals surface area contributed by atoms with Crippen LogP contribution in [0.5, 0.6) is 0 Å². The molecule has 1 fully saturated rings. The monoisotopic (exact) mass is 330 g/mol. The van der Waals surface area contributed by atoms with Gasteiger partial charge in [-0.25, -0.2) is 0 Å². The number of rotatable bonds is 4. The van der Waals surface area contributed by atoms with E-state index in [1.165, 1.54) is 20.5 Å². The van der Waals surface area contributed by atoms with Gasteiger partial charge in [0.25, 0.3) is 0 Å². The molecule has 1 aliphatic heterocycles. The van der Waals surface area contributed by atoms with Crippen molar-refractivity contribution in [3.63, 3.8) is 0 Å². The van der Waals surface area contributed by atoms with Crippen LogP contribution in [0.2, 0.25) is 0 Å². The van der Waals surface area contributed by atoms with Crippen LogP contribution in [0.1, 0.15) is 30.0 Å². The molecule has 2 atom stereocenters. The number of methoxy groups -OCH3 is 2. The highest BCUT2D eigenvalue weighted by molar-refractivity contribution is 6.01. The number of ether oxygens (including phenoxy) is 3. The maximum atomic E-state index is 12.6. The molecule has 3 rings (SSSR count). The number of furan rings is 1. The van der Waals surface area contributed by atoms with Gasteiger partial charge in [0.15, 0.2) is 0 Å². The molecule has 0 saturated carbocycles. The van der Waals surface area contributed by atoms with Crippen LogP contribution in [0.15, 0.2) is 53.1 Å². The molecule has 1 saturated heterocycles. The van der Waals surface area contributed by atoms with Crippen LogP contribution in [-0.4, -0.2) is 26.2 Å². The van der Waals surface area contributed by atoms with Crippen molar-refractivity contribution in [3.05, 3.63) is 60.1 Å². The molecule has 0 aliphatic carbocycles. The van der Waals surface area contributed by atoms with Gasteiger partial charge >= 0.3 is 11.9 Å². The third-order valence-corrected chi connectivity index (χ3v) is 4.33. The van der Waals surface area contributed by atoms with E-state index in [0.29, 0.717) is 5.76 Å². The summed E-state index contributed by atoms with van der Waals surface area (Å²) in [6.07, 6.45) is 0.201. The third-order valence-electron chi connectivity index (χ3n) is 4.33. The Morgan fingerprint density at radius 1 is 1.04 bits per heavy atom. The molecule has 1 aromatic carbocycles. The summed E-state index contributed by atoms with van der Waals surface area (Å²) >= 11 is 0. The molecule has 0 amide bonds. The first kappa shape index (κ1) is 16.3. The molecule has 1 aromatic heterocycles. The molecule has 0 spiro atoms. The predicted octanol–water partition coefficient (Wildman–Crippen LogP) is 2.81. The second-order valence-corrected chi connectivity index (χ2v) is 5.59. The number of carbonyl (C=O) groups is 2. The van der Waals surface area contributed by atoms with Crippen LogP contribution in [0.25, 0.3) is 0 Å². The Morgan fingerprint density at radius 3 is 2.25 bits per heavy atom. The van der Waals surface area contributed by atoms with Gasteiger partial charge in [-0.3, -0.25) is 9.59 Å². The van der Waals surface area contributed by atoms with E-state index >= 15 is 0 Å². The van der Waals surface area contributed by atoms with Crippen molar-refractivity contribution >= 4 is 11.9 Å². The smallest absolute Gasteiger partial charge is 0.326 e. The van der Waals surface area contributed by atoms with Gasteiger partial charge < -0.3 is 18.6 Å². The minimum Gasteiger partial charge on any atom is -0.468 e. The standard InChI is InChI=1S/C18H18O6/c1-21-16(19)18(17(20)22-2)11-14(12-7-4-3-5-8-12)24-15(18)13-9-6-10-23-13/h3-10,14-15H,11H2,1-2H3/t14-,15-/m0/s1. The summed E-state index contributed by atoms with van der Waals surface area (Å²) < 4.78 is 21.3. The maximum absolute atomic E-state index is 12.6. The van der Waals surface area contributed by atoms with Crippen molar-refractivity contribution in [1.82, 2.24) is 0 Å². The Morgan fingerprint density at radius 2 is 1.71 bits per heavy atom. The van der Waals surface area contributed by atoms with Gasteiger partial charge in [-0.15, -0.1) is 0 Å². The Labute approximate surface area is 139 Å². The van der Waals surface area contributed by atoms with Crippen molar-refractivity contribution in [2.75, 3.05) is 14.2 Å². The molecule has 0 radical (unpaired) electrons. The summed E-state index contributed by atoms with van der Waals surface area (Å²) in [5, 5.41) is 0. The number of hydrogen-bond donors (Lipinski definition) is 0. The average Bonchev–Trinajstić information content (AvgIpc) is 3.29. The van der Waals surface area contributed by atoms with Crippen LogP contribution < -0.4 is 0 Å². The summed E-state index contributed by atoms with van der Waals surface area (Å²) in [5.41, 5.74) is -0.745. The fourth-order valence-corrected chi connectivity index (χ4v) is 3.17. The van der Waals surface area contributed by atoms with E-state index in [-0.39, 0.29) is 6.42 Å². The lowest BCUT2D eigenvalue weighted by atomic mass is 9.78. The Bertz CT molecular complexity index is 690. The second-order valence-electron chi connectivity index (χ2n) is 5.59. The topological polar surface area (TPSA) is 75.0 Å². The summed E-state index contributed by atoms with van der Waals surface area (Å²) in [4.78, 5) is 25.1. The van der Waals surface area contributed by atoms with Gasteiger partial charge in [0.05, 0.1) is 26.6 Å². The lowest BCUT2D eigenvalue weighted by Crippen LogP contribution is -2.43. The van der Waals surface area contributed by atoms with Crippen molar-refractivity contribution in [2.45, 2.75) is 18.6 Å². The Hall–Kier alpha value is -2.60. The summed E-state index contributed by atoms with van der Waals surface area (Å²) in [6, 6.07) is 12.7. The fraction of sp³-hybridized carbons (Fsp3) is 0.333. The molecule has 0 N–H and O–H groups in total. The van der Waals surface area contributed by atoms with Crippen LogP contribution in [0, 0.1) is 5.41 Å². The van der Waals surface area contributed by atoms with E-state index in [1.807, 2.05) is 30.3 Å². The van der Waals surface area contributed by atoms with Crippen LogP contribution in [0.3, 0.4) is 0 Å². The number of carbonyl (C=O) groups excluding carboxylic acids is 2. The zero-order valence-corrected chi connectivity index (χ0v) is 13.4. The van der Waals surface area contributed by atoms with Crippen molar-refractivity contribution in [1.29, 1.82) is 0 Å². The first-order valence-corrected chi connectivity index (χ1v) is 7.54. The second kappa shape index (κ2) is 6.49. The molecule has 2 aromatic rings. The van der Waals surface area contributed by atoms with Crippen LogP contribution in [-0.2, 0) is 23.8 Å². The van der Waals surface area contributed by atoms with Crippen LogP contribution >= 0.6 is 0 Å². The van der Waals surface area contributed by atoms with Crippen LogP contribution in [0.4, 0.5) is 0 Å². The number of benzene rings is 1. The van der Waals surface area contributed by atoms with Gasteiger partial charge in [-0.05, 0) is 17.7 Å². The van der Waals surface area contributed by atoms with Gasteiger partial charge in [0.1, 0.15) is 11.9 Å². The highest BCUT2D eigenvalue weighted by Gasteiger charge is 2.63. The van der Waals surface area contributed by atoms with Gasteiger partial charge in [0, 0.05) is 6.42 Å². The van der Waals surface area contributed by atoms with Gasteiger partial charge in [-0.1, -0.05) is 30.3 Å². The zero-order valence-electron chi connectivity index (χ0n) is 13.4. The third kappa shape index (κ3) is 2.49. The Kier molecular flexibility index (Phi) is 4.40. The molecular formula is C18H18O6. The van der Waals surface area contributed by atoms with E-state index in [9.17, 15) is 9.59 Å². The molecule has 6 nitrogen and oxygen atoms in total. The molecule has 0 unspecified atom stereocenters. The predicted molar refractivity (Wildman–Crippen MR) is 82.8 cm³/mol. The van der Waals surface area contributed by atoms with Gasteiger partial charge in [-0.2, -0.15) is 0 Å². The SMILES string of the molecule is COC(=O)C1(C(=O)OC)C[C@@H](c2ccccc2)O[C@H]1c1ccco1. The molecule has 126 valence electrons. The lowest BCUT2D eigenvalue weighted by molar-refractivity contribution is -0.174. The van der Waals surface area contributed by atoms with E-state index < -0.39 is 29.6 Å².